The highest BCUT2D eigenvalue weighted by atomic mass is 16.5. The molecule has 0 unspecified atom stereocenters. The van der Waals surface area contributed by atoms with Crippen molar-refractivity contribution in [2.24, 2.45) is 11.8 Å². The third-order valence-corrected chi connectivity index (χ3v) is 7.07. The van der Waals surface area contributed by atoms with Crippen LogP contribution in [0.25, 0.3) is 6.08 Å². The molecular weight excluding hydrogens is 394 g/mol. The summed E-state index contributed by atoms with van der Waals surface area (Å²) in [5, 5.41) is 0. The molecule has 32 heavy (non-hydrogen) atoms. The number of carbonyl (C=O) groups excluding carboxylic acids is 1. The summed E-state index contributed by atoms with van der Waals surface area (Å²) in [7, 11) is 0. The first-order chi connectivity index (χ1) is 15.7. The zero-order chi connectivity index (χ0) is 22.1. The quantitative estimate of drug-likeness (QED) is 0.345. The molecule has 5 rings (SSSR count). The van der Waals surface area contributed by atoms with Gasteiger partial charge in [-0.15, -0.1) is 0 Å². The van der Waals surface area contributed by atoms with Crippen LogP contribution in [0.2, 0.25) is 0 Å². The van der Waals surface area contributed by atoms with Crippen molar-refractivity contribution in [2.45, 2.75) is 25.7 Å². The van der Waals surface area contributed by atoms with Crippen LogP contribution in [0.5, 0.6) is 5.75 Å². The minimum Gasteiger partial charge on any atom is -0.426 e. The maximum atomic E-state index is 13.2. The van der Waals surface area contributed by atoms with Crippen LogP contribution in [0.15, 0.2) is 84.9 Å². The molecule has 3 heteroatoms. The summed E-state index contributed by atoms with van der Waals surface area (Å²) in [6.45, 7) is 6.14. The SMILES string of the molecule is CCN(CC)c1ccc2c(c1)OC(=O)[C@H]1[C@H]2[C@H](/C=C/c2ccccc2)[C@@H]1c1ccccc1. The Balaban J connectivity index is 1.54. The van der Waals surface area contributed by atoms with Crippen LogP contribution < -0.4 is 9.64 Å². The Bertz CT molecular complexity index is 1120. The van der Waals surface area contributed by atoms with Gasteiger partial charge in [0.25, 0.3) is 0 Å². The van der Waals surface area contributed by atoms with Gasteiger partial charge in [0.1, 0.15) is 5.75 Å². The van der Waals surface area contributed by atoms with E-state index >= 15 is 0 Å². The van der Waals surface area contributed by atoms with Crippen LogP contribution in [0, 0.1) is 11.8 Å². The van der Waals surface area contributed by atoms with E-state index in [1.54, 1.807) is 0 Å². The number of esters is 1. The Morgan fingerprint density at radius 2 is 1.53 bits per heavy atom. The number of allylic oxidation sites excluding steroid dienone is 1. The molecule has 2 aliphatic rings. The number of anilines is 1. The van der Waals surface area contributed by atoms with Gasteiger partial charge in [0.15, 0.2) is 0 Å². The molecule has 0 saturated heterocycles. The van der Waals surface area contributed by atoms with Crippen molar-refractivity contribution in [1.29, 1.82) is 0 Å². The smallest absolute Gasteiger partial charge is 0.315 e. The minimum atomic E-state index is -0.144. The molecule has 4 atom stereocenters. The minimum absolute atomic E-state index is 0.0996. The molecule has 3 aromatic rings. The first kappa shape index (κ1) is 20.6. The lowest BCUT2D eigenvalue weighted by Crippen LogP contribution is -2.50. The summed E-state index contributed by atoms with van der Waals surface area (Å²) in [6.07, 6.45) is 4.50. The molecule has 0 radical (unpaired) electrons. The lowest BCUT2D eigenvalue weighted by atomic mass is 9.51. The van der Waals surface area contributed by atoms with Crippen molar-refractivity contribution in [2.75, 3.05) is 18.0 Å². The van der Waals surface area contributed by atoms with Crippen molar-refractivity contribution in [3.05, 3.63) is 102 Å². The standard InChI is InChI=1S/C29H29NO2/c1-3-30(4-2)22-16-18-23-25(19-22)32-29(31)28-26(21-13-9-6-10-14-21)24(27(23)28)17-15-20-11-7-5-8-12-20/h5-19,24,26-28H,3-4H2,1-2H3/b17-15+/t24-,26+,27-,28-/m1/s1. The largest absolute Gasteiger partial charge is 0.426 e. The number of hydrogen-bond donors (Lipinski definition) is 0. The first-order valence-corrected chi connectivity index (χ1v) is 11.6. The summed E-state index contributed by atoms with van der Waals surface area (Å²) < 4.78 is 5.92. The Kier molecular flexibility index (Phi) is 5.57. The van der Waals surface area contributed by atoms with E-state index in [2.05, 4.69) is 91.6 Å². The van der Waals surface area contributed by atoms with E-state index in [-0.39, 0.29) is 29.6 Å². The van der Waals surface area contributed by atoms with Gasteiger partial charge in [-0.1, -0.05) is 78.9 Å². The van der Waals surface area contributed by atoms with Gasteiger partial charge in [-0.2, -0.15) is 0 Å². The van der Waals surface area contributed by atoms with E-state index in [1.165, 1.54) is 11.1 Å². The number of rotatable bonds is 6. The number of carbonyl (C=O) groups is 1. The molecule has 0 N–H and O–H groups in total. The Labute approximate surface area is 190 Å². The molecule has 0 spiro atoms. The van der Waals surface area contributed by atoms with E-state index in [0.29, 0.717) is 0 Å². The Hall–Kier alpha value is -3.33. The van der Waals surface area contributed by atoms with Crippen LogP contribution in [-0.4, -0.2) is 19.1 Å². The van der Waals surface area contributed by atoms with Crippen LogP contribution in [0.1, 0.15) is 42.4 Å². The first-order valence-electron chi connectivity index (χ1n) is 11.6. The number of fused-ring (bicyclic) bond motifs is 3. The van der Waals surface area contributed by atoms with E-state index in [1.807, 2.05) is 18.2 Å². The van der Waals surface area contributed by atoms with Crippen LogP contribution in [0.4, 0.5) is 5.69 Å². The number of nitrogens with zero attached hydrogens (tertiary/aromatic N) is 1. The Morgan fingerprint density at radius 3 is 2.22 bits per heavy atom. The van der Waals surface area contributed by atoms with Gasteiger partial charge in [0.05, 0.1) is 5.92 Å². The molecule has 3 nitrogen and oxygen atoms in total. The van der Waals surface area contributed by atoms with Crippen LogP contribution in [0.3, 0.4) is 0 Å². The highest BCUT2D eigenvalue weighted by molar-refractivity contribution is 5.83. The molecule has 0 amide bonds. The summed E-state index contributed by atoms with van der Waals surface area (Å²) in [5.41, 5.74) is 4.64. The molecule has 3 aromatic carbocycles. The summed E-state index contributed by atoms with van der Waals surface area (Å²) >= 11 is 0. The molecule has 0 bridgehead atoms. The summed E-state index contributed by atoms with van der Waals surface area (Å²) in [5.74, 6) is 0.997. The number of hydrogen-bond acceptors (Lipinski definition) is 3. The zero-order valence-corrected chi connectivity index (χ0v) is 18.6. The highest BCUT2D eigenvalue weighted by Gasteiger charge is 2.57. The maximum absolute atomic E-state index is 13.2. The van der Waals surface area contributed by atoms with Crippen LogP contribution in [-0.2, 0) is 4.79 Å². The Morgan fingerprint density at radius 1 is 0.844 bits per heavy atom. The predicted molar refractivity (Wildman–Crippen MR) is 130 cm³/mol. The van der Waals surface area contributed by atoms with Crippen molar-refractivity contribution in [3.63, 3.8) is 0 Å². The molecular formula is C29H29NO2. The van der Waals surface area contributed by atoms with Gasteiger partial charge < -0.3 is 9.64 Å². The van der Waals surface area contributed by atoms with Gasteiger partial charge in [-0.25, -0.2) is 0 Å². The van der Waals surface area contributed by atoms with Crippen molar-refractivity contribution in [1.82, 2.24) is 0 Å². The lowest BCUT2D eigenvalue weighted by Gasteiger charge is -2.52. The lowest BCUT2D eigenvalue weighted by molar-refractivity contribution is -0.148. The van der Waals surface area contributed by atoms with E-state index in [0.717, 1.165) is 30.1 Å². The predicted octanol–water partition coefficient (Wildman–Crippen LogP) is 6.28. The molecule has 1 heterocycles. The fourth-order valence-corrected chi connectivity index (χ4v) is 5.45. The second-order valence-corrected chi connectivity index (χ2v) is 8.65. The number of ether oxygens (including phenoxy) is 1. The summed E-state index contributed by atoms with van der Waals surface area (Å²) in [4.78, 5) is 15.5. The molecule has 1 aliphatic heterocycles. The van der Waals surface area contributed by atoms with Gasteiger partial charge in [0.2, 0.25) is 0 Å². The molecule has 162 valence electrons. The maximum Gasteiger partial charge on any atom is 0.315 e. The van der Waals surface area contributed by atoms with Gasteiger partial charge in [-0.05, 0) is 42.5 Å². The van der Waals surface area contributed by atoms with E-state index in [9.17, 15) is 4.79 Å². The molecule has 1 saturated carbocycles. The van der Waals surface area contributed by atoms with E-state index < -0.39 is 0 Å². The molecule has 1 aliphatic carbocycles. The number of benzene rings is 3. The third kappa shape index (κ3) is 3.52. The normalized spacial score (nSPS) is 23.8. The van der Waals surface area contributed by atoms with Crippen molar-refractivity contribution >= 4 is 17.7 Å². The average molecular weight is 424 g/mol. The second kappa shape index (κ2) is 8.66. The fourth-order valence-electron chi connectivity index (χ4n) is 5.45. The van der Waals surface area contributed by atoms with Gasteiger partial charge in [-0.3, -0.25) is 4.79 Å². The van der Waals surface area contributed by atoms with Crippen LogP contribution >= 0.6 is 0 Å². The second-order valence-electron chi connectivity index (χ2n) is 8.65. The average Bonchev–Trinajstić information content (AvgIpc) is 2.81. The monoisotopic (exact) mass is 423 g/mol. The molecule has 1 fully saturated rings. The molecule has 0 aromatic heterocycles. The van der Waals surface area contributed by atoms with Crippen molar-refractivity contribution in [3.8, 4) is 5.75 Å². The van der Waals surface area contributed by atoms with Crippen molar-refractivity contribution < 1.29 is 9.53 Å². The fraction of sp³-hybridized carbons (Fsp3) is 0.276. The third-order valence-electron chi connectivity index (χ3n) is 7.07. The van der Waals surface area contributed by atoms with Gasteiger partial charge >= 0.3 is 5.97 Å². The van der Waals surface area contributed by atoms with Gasteiger partial charge in [0, 0.05) is 36.7 Å². The summed E-state index contributed by atoms with van der Waals surface area (Å²) in [6, 6.07) is 27.2. The highest BCUT2D eigenvalue weighted by Crippen LogP contribution is 2.62. The zero-order valence-electron chi connectivity index (χ0n) is 18.6. The van der Waals surface area contributed by atoms with E-state index in [4.69, 9.17) is 4.74 Å². The topological polar surface area (TPSA) is 29.5 Å².